The first kappa shape index (κ1) is 17.9. The molecule has 0 radical (unpaired) electrons. The highest BCUT2D eigenvalue weighted by Crippen LogP contribution is 2.26. The molecule has 0 unspecified atom stereocenters. The Kier molecular flexibility index (Phi) is 4.67. The molecule has 3 rings (SSSR count). The van der Waals surface area contributed by atoms with E-state index >= 15 is 0 Å². The van der Waals surface area contributed by atoms with Gasteiger partial charge in [-0.2, -0.15) is 0 Å². The third-order valence-corrected chi connectivity index (χ3v) is 4.79. The number of pyridine rings is 1. The van der Waals surface area contributed by atoms with Crippen LogP contribution in [-0.2, 0) is 11.3 Å². The van der Waals surface area contributed by atoms with Gasteiger partial charge in [-0.1, -0.05) is 0 Å². The molecule has 7 nitrogen and oxygen atoms in total. The molecule has 2 heterocycles. The highest BCUT2D eigenvalue weighted by molar-refractivity contribution is 5.93. The van der Waals surface area contributed by atoms with Gasteiger partial charge >= 0.3 is 5.97 Å². The number of anilines is 1. The minimum absolute atomic E-state index is 0.00958. The van der Waals surface area contributed by atoms with Crippen molar-refractivity contribution in [1.29, 1.82) is 0 Å². The summed E-state index contributed by atoms with van der Waals surface area (Å²) in [6.45, 7) is 5.77. The summed E-state index contributed by atoms with van der Waals surface area (Å²) < 4.78 is 16.3. The summed E-state index contributed by atoms with van der Waals surface area (Å²) in [6, 6.07) is 2.70. The van der Waals surface area contributed by atoms with Crippen molar-refractivity contribution in [2.75, 3.05) is 31.1 Å². The summed E-state index contributed by atoms with van der Waals surface area (Å²) in [7, 11) is 0. The van der Waals surface area contributed by atoms with Crippen molar-refractivity contribution >= 4 is 28.5 Å². The highest BCUT2D eigenvalue weighted by atomic mass is 19.1. The Hall–Kier alpha value is -2.90. The Bertz CT molecular complexity index is 946. The zero-order valence-electron chi connectivity index (χ0n) is 14.7. The molecule has 0 aliphatic carbocycles. The SMILES string of the molecule is CCn1cc(C(=O)O)c(=O)c2cc(F)c(N3CCN(C(C)=O)CC3)cc21. The van der Waals surface area contributed by atoms with Gasteiger partial charge in [0.15, 0.2) is 0 Å². The van der Waals surface area contributed by atoms with Crippen LogP contribution in [0.3, 0.4) is 0 Å². The van der Waals surface area contributed by atoms with Crippen molar-refractivity contribution in [3.05, 3.63) is 39.9 Å². The maximum Gasteiger partial charge on any atom is 0.341 e. The number of rotatable bonds is 3. The summed E-state index contributed by atoms with van der Waals surface area (Å²) in [6.07, 6.45) is 1.29. The number of carbonyl (C=O) groups excluding carboxylic acids is 1. The predicted molar refractivity (Wildman–Crippen MR) is 95.3 cm³/mol. The summed E-state index contributed by atoms with van der Waals surface area (Å²) in [5.41, 5.74) is -0.219. The number of piperazine rings is 1. The number of aromatic carboxylic acids is 1. The summed E-state index contributed by atoms with van der Waals surface area (Å²) >= 11 is 0. The quantitative estimate of drug-likeness (QED) is 0.896. The van der Waals surface area contributed by atoms with Crippen molar-refractivity contribution in [3.8, 4) is 0 Å². The third kappa shape index (κ3) is 3.02. The second-order valence-corrected chi connectivity index (χ2v) is 6.28. The Balaban J connectivity index is 2.08. The van der Waals surface area contributed by atoms with Gasteiger partial charge in [0.1, 0.15) is 11.4 Å². The maximum atomic E-state index is 14.7. The fourth-order valence-corrected chi connectivity index (χ4v) is 3.32. The van der Waals surface area contributed by atoms with Crippen LogP contribution in [0.5, 0.6) is 0 Å². The molecular weight excluding hydrogens is 341 g/mol. The first-order valence-electron chi connectivity index (χ1n) is 8.44. The van der Waals surface area contributed by atoms with Crippen LogP contribution < -0.4 is 10.3 Å². The van der Waals surface area contributed by atoms with E-state index in [1.807, 2.05) is 11.8 Å². The van der Waals surface area contributed by atoms with Crippen LogP contribution in [0.4, 0.5) is 10.1 Å². The number of carbonyl (C=O) groups is 2. The fourth-order valence-electron chi connectivity index (χ4n) is 3.32. The predicted octanol–water partition coefficient (Wildman–Crippen LogP) is 1.53. The van der Waals surface area contributed by atoms with Gasteiger partial charge in [0.2, 0.25) is 11.3 Å². The zero-order chi connectivity index (χ0) is 19.0. The number of hydrogen-bond donors (Lipinski definition) is 1. The largest absolute Gasteiger partial charge is 0.477 e. The van der Waals surface area contributed by atoms with Crippen LogP contribution in [0.1, 0.15) is 24.2 Å². The molecule has 1 aromatic carbocycles. The Morgan fingerprint density at radius 2 is 1.85 bits per heavy atom. The van der Waals surface area contributed by atoms with Gasteiger partial charge in [-0.3, -0.25) is 9.59 Å². The van der Waals surface area contributed by atoms with Crippen LogP contribution in [0.25, 0.3) is 10.9 Å². The molecule has 1 N–H and O–H groups in total. The normalized spacial score (nSPS) is 14.7. The molecule has 0 saturated carbocycles. The van der Waals surface area contributed by atoms with Crippen LogP contribution in [-0.4, -0.2) is 52.6 Å². The topological polar surface area (TPSA) is 82.8 Å². The smallest absolute Gasteiger partial charge is 0.341 e. The van der Waals surface area contributed by atoms with Crippen molar-refractivity contribution in [2.45, 2.75) is 20.4 Å². The van der Waals surface area contributed by atoms with Crippen LogP contribution in [0, 0.1) is 5.82 Å². The Labute approximate surface area is 149 Å². The van der Waals surface area contributed by atoms with E-state index < -0.39 is 17.2 Å². The lowest BCUT2D eigenvalue weighted by atomic mass is 10.1. The van der Waals surface area contributed by atoms with Gasteiger partial charge in [0.25, 0.3) is 0 Å². The van der Waals surface area contributed by atoms with E-state index in [2.05, 4.69) is 0 Å². The minimum Gasteiger partial charge on any atom is -0.477 e. The average molecular weight is 361 g/mol. The summed E-state index contributed by atoms with van der Waals surface area (Å²) in [5.74, 6) is -1.91. The summed E-state index contributed by atoms with van der Waals surface area (Å²) in [4.78, 5) is 38.6. The van der Waals surface area contributed by atoms with Gasteiger partial charge in [0.05, 0.1) is 11.2 Å². The van der Waals surface area contributed by atoms with E-state index in [1.165, 1.54) is 13.1 Å². The zero-order valence-corrected chi connectivity index (χ0v) is 14.7. The van der Waals surface area contributed by atoms with E-state index in [9.17, 15) is 23.9 Å². The summed E-state index contributed by atoms with van der Waals surface area (Å²) in [5, 5.41) is 9.25. The Morgan fingerprint density at radius 1 is 1.19 bits per heavy atom. The lowest BCUT2D eigenvalue weighted by Crippen LogP contribution is -2.48. The number of aryl methyl sites for hydroxylation is 1. The minimum atomic E-state index is -1.33. The van der Waals surface area contributed by atoms with Crippen molar-refractivity contribution in [2.24, 2.45) is 0 Å². The molecule has 138 valence electrons. The monoisotopic (exact) mass is 361 g/mol. The second kappa shape index (κ2) is 6.78. The molecule has 1 amide bonds. The number of carboxylic acids is 1. The van der Waals surface area contributed by atoms with Crippen LogP contribution in [0.15, 0.2) is 23.1 Å². The lowest BCUT2D eigenvalue weighted by Gasteiger charge is -2.36. The van der Waals surface area contributed by atoms with E-state index in [0.29, 0.717) is 43.9 Å². The molecule has 26 heavy (non-hydrogen) atoms. The number of benzene rings is 1. The molecule has 1 aliphatic heterocycles. The standard InChI is InChI=1S/C18H20FN3O4/c1-3-20-10-13(18(25)26)17(24)12-8-14(19)16(9-15(12)20)22-6-4-21(5-7-22)11(2)23/h8-10H,3-7H2,1-2H3,(H,25,26). The highest BCUT2D eigenvalue weighted by Gasteiger charge is 2.23. The molecule has 2 aromatic rings. The molecule has 0 spiro atoms. The van der Waals surface area contributed by atoms with Crippen molar-refractivity contribution in [3.63, 3.8) is 0 Å². The third-order valence-electron chi connectivity index (χ3n) is 4.79. The molecule has 0 bridgehead atoms. The molecule has 8 heteroatoms. The fraction of sp³-hybridized carbons (Fsp3) is 0.389. The van der Waals surface area contributed by atoms with Gasteiger partial charge in [-0.05, 0) is 19.1 Å². The van der Waals surface area contributed by atoms with E-state index in [-0.39, 0.29) is 16.9 Å². The van der Waals surface area contributed by atoms with Crippen LogP contribution >= 0.6 is 0 Å². The second-order valence-electron chi connectivity index (χ2n) is 6.28. The molecule has 1 saturated heterocycles. The van der Waals surface area contributed by atoms with Gasteiger partial charge in [-0.15, -0.1) is 0 Å². The van der Waals surface area contributed by atoms with Crippen molar-refractivity contribution in [1.82, 2.24) is 9.47 Å². The number of hydrogen-bond acceptors (Lipinski definition) is 4. The molecule has 1 aromatic heterocycles. The first-order chi connectivity index (χ1) is 12.3. The number of fused-ring (bicyclic) bond motifs is 1. The average Bonchev–Trinajstić information content (AvgIpc) is 2.62. The number of amides is 1. The number of carboxylic acid groups (broad SMARTS) is 1. The van der Waals surface area contributed by atoms with Gasteiger partial charge in [-0.25, -0.2) is 9.18 Å². The maximum absolute atomic E-state index is 14.7. The van der Waals surface area contributed by atoms with E-state index in [0.717, 1.165) is 6.07 Å². The van der Waals surface area contributed by atoms with Gasteiger partial charge < -0.3 is 19.5 Å². The lowest BCUT2D eigenvalue weighted by molar-refractivity contribution is -0.129. The number of aromatic nitrogens is 1. The van der Waals surface area contributed by atoms with E-state index in [4.69, 9.17) is 0 Å². The van der Waals surface area contributed by atoms with Crippen molar-refractivity contribution < 1.29 is 19.1 Å². The van der Waals surface area contributed by atoms with Crippen LogP contribution in [0.2, 0.25) is 0 Å². The first-order valence-corrected chi connectivity index (χ1v) is 8.44. The molecule has 1 aliphatic rings. The number of nitrogens with zero attached hydrogens (tertiary/aromatic N) is 3. The van der Waals surface area contributed by atoms with Gasteiger partial charge in [0, 0.05) is 51.2 Å². The van der Waals surface area contributed by atoms with E-state index in [1.54, 1.807) is 15.5 Å². The number of halogens is 1. The Morgan fingerprint density at radius 3 is 2.38 bits per heavy atom. The molecule has 1 fully saturated rings. The molecular formula is C18H20FN3O4. The molecule has 0 atom stereocenters.